The highest BCUT2D eigenvalue weighted by Gasteiger charge is 2.30. The molecule has 0 saturated carbocycles. The van der Waals surface area contributed by atoms with Crippen LogP contribution < -0.4 is 4.74 Å². The Morgan fingerprint density at radius 3 is 2.67 bits per heavy atom. The topological polar surface area (TPSA) is 53.4 Å². The number of rotatable bonds is 3. The molecule has 1 saturated heterocycles. The van der Waals surface area contributed by atoms with Gasteiger partial charge in [-0.2, -0.15) is 5.10 Å². The fourth-order valence-corrected chi connectivity index (χ4v) is 2.40. The zero-order valence-electron chi connectivity index (χ0n) is 12.0. The van der Waals surface area contributed by atoms with Crippen molar-refractivity contribution in [2.45, 2.75) is 12.5 Å². The summed E-state index contributed by atoms with van der Waals surface area (Å²) in [5.41, 5.74) is 3.23. The first-order chi connectivity index (χ1) is 10.1. The lowest BCUT2D eigenvalue weighted by Crippen LogP contribution is -2.00. The van der Waals surface area contributed by atoms with Gasteiger partial charge in [0.1, 0.15) is 11.4 Å². The van der Waals surface area contributed by atoms with Gasteiger partial charge in [0.25, 0.3) is 0 Å². The van der Waals surface area contributed by atoms with Crippen LogP contribution in [-0.2, 0) is 16.6 Å². The van der Waals surface area contributed by atoms with Gasteiger partial charge in [-0.3, -0.25) is 4.68 Å². The second-order valence-electron chi connectivity index (χ2n) is 5.01. The van der Waals surface area contributed by atoms with Crippen molar-refractivity contribution in [3.63, 3.8) is 0 Å². The molecule has 0 aliphatic carbocycles. The summed E-state index contributed by atoms with van der Waals surface area (Å²) in [5.74, 6) is 0.471. The largest absolute Gasteiger partial charge is 0.497 e. The predicted octanol–water partition coefficient (Wildman–Crippen LogP) is 2.64. The number of carbonyl (C=O) groups excluding carboxylic acids is 1. The van der Waals surface area contributed by atoms with Crippen LogP contribution in [0.5, 0.6) is 5.75 Å². The van der Waals surface area contributed by atoms with Gasteiger partial charge in [0.2, 0.25) is 0 Å². The quantitative estimate of drug-likeness (QED) is 0.642. The number of nitrogens with zero attached hydrogens (tertiary/aromatic N) is 2. The molecule has 21 heavy (non-hydrogen) atoms. The van der Waals surface area contributed by atoms with Crippen LogP contribution in [0.2, 0.25) is 0 Å². The van der Waals surface area contributed by atoms with Crippen molar-refractivity contribution in [2.75, 3.05) is 7.11 Å². The molecular weight excluding hydrogens is 268 g/mol. The van der Waals surface area contributed by atoms with Gasteiger partial charge in [-0.25, -0.2) is 4.79 Å². The number of benzene rings is 1. The van der Waals surface area contributed by atoms with Gasteiger partial charge < -0.3 is 9.47 Å². The molecule has 1 aliphatic heterocycles. The van der Waals surface area contributed by atoms with Crippen LogP contribution in [0.3, 0.4) is 0 Å². The van der Waals surface area contributed by atoms with Gasteiger partial charge in [0.05, 0.1) is 12.8 Å². The van der Waals surface area contributed by atoms with Crippen molar-refractivity contribution in [3.8, 4) is 17.0 Å². The molecule has 0 amide bonds. The summed E-state index contributed by atoms with van der Waals surface area (Å²) in [6.07, 6.45) is 0.168. The Balaban J connectivity index is 1.90. The van der Waals surface area contributed by atoms with Gasteiger partial charge in [0.15, 0.2) is 6.10 Å². The first-order valence-corrected chi connectivity index (χ1v) is 6.65. The highest BCUT2D eigenvalue weighted by Crippen LogP contribution is 2.33. The lowest BCUT2D eigenvalue weighted by Gasteiger charge is -2.03. The number of esters is 1. The maximum atomic E-state index is 11.4. The van der Waals surface area contributed by atoms with E-state index in [0.717, 1.165) is 22.7 Å². The van der Waals surface area contributed by atoms with E-state index in [9.17, 15) is 4.79 Å². The van der Waals surface area contributed by atoms with Crippen molar-refractivity contribution in [3.05, 3.63) is 48.2 Å². The number of aromatic nitrogens is 2. The Hall–Kier alpha value is -2.56. The van der Waals surface area contributed by atoms with Gasteiger partial charge in [-0.1, -0.05) is 6.58 Å². The van der Waals surface area contributed by atoms with Crippen LogP contribution in [0.1, 0.15) is 18.2 Å². The fraction of sp³-hybridized carbons (Fsp3) is 0.250. The second kappa shape index (κ2) is 5.09. The van der Waals surface area contributed by atoms with Crippen LogP contribution in [-0.4, -0.2) is 22.9 Å². The van der Waals surface area contributed by atoms with Crippen molar-refractivity contribution in [2.24, 2.45) is 7.05 Å². The molecule has 1 aromatic heterocycles. The number of carbonyl (C=O) groups is 1. The van der Waals surface area contributed by atoms with E-state index in [4.69, 9.17) is 9.47 Å². The molecule has 1 aromatic carbocycles. The molecule has 5 nitrogen and oxygen atoms in total. The Morgan fingerprint density at radius 1 is 1.38 bits per heavy atom. The van der Waals surface area contributed by atoms with Crippen molar-refractivity contribution in [1.29, 1.82) is 0 Å². The summed E-state index contributed by atoms with van der Waals surface area (Å²) in [6.45, 7) is 3.69. The molecule has 2 heterocycles. The lowest BCUT2D eigenvalue weighted by atomic mass is 10.1. The van der Waals surface area contributed by atoms with E-state index in [1.54, 1.807) is 11.8 Å². The average Bonchev–Trinajstić information content (AvgIpc) is 3.03. The number of methoxy groups -OCH3 is 1. The van der Waals surface area contributed by atoms with E-state index < -0.39 is 0 Å². The van der Waals surface area contributed by atoms with Crippen LogP contribution in [0.25, 0.3) is 11.3 Å². The third kappa shape index (κ3) is 2.42. The summed E-state index contributed by atoms with van der Waals surface area (Å²) < 4.78 is 12.2. The molecule has 0 N–H and O–H groups in total. The van der Waals surface area contributed by atoms with E-state index >= 15 is 0 Å². The number of aryl methyl sites for hydroxylation is 1. The van der Waals surface area contributed by atoms with Crippen LogP contribution in [0.4, 0.5) is 0 Å². The van der Waals surface area contributed by atoms with Crippen molar-refractivity contribution >= 4 is 5.97 Å². The van der Waals surface area contributed by atoms with Gasteiger partial charge >= 0.3 is 5.97 Å². The first kappa shape index (κ1) is 13.4. The summed E-state index contributed by atoms with van der Waals surface area (Å²) >= 11 is 0. The Bertz CT molecular complexity index is 685. The summed E-state index contributed by atoms with van der Waals surface area (Å²) in [4.78, 5) is 11.4. The van der Waals surface area contributed by atoms with Crippen LogP contribution in [0, 0.1) is 0 Å². The minimum absolute atomic E-state index is 0.330. The molecule has 1 unspecified atom stereocenters. The number of hydrogen-bond donors (Lipinski definition) is 0. The normalized spacial score (nSPS) is 17.9. The van der Waals surface area contributed by atoms with Crippen LogP contribution >= 0.6 is 0 Å². The van der Waals surface area contributed by atoms with Gasteiger partial charge in [0, 0.05) is 24.6 Å². The SMILES string of the molecule is C=C1CC(c2cc(-c3ccc(OC)cc3)n(C)n2)OC1=O. The first-order valence-electron chi connectivity index (χ1n) is 6.65. The maximum Gasteiger partial charge on any atom is 0.334 e. The lowest BCUT2D eigenvalue weighted by molar-refractivity contribution is -0.139. The van der Waals surface area contributed by atoms with E-state index in [-0.39, 0.29) is 12.1 Å². The number of ether oxygens (including phenoxy) is 2. The fourth-order valence-electron chi connectivity index (χ4n) is 2.40. The third-order valence-electron chi connectivity index (χ3n) is 3.58. The summed E-state index contributed by atoms with van der Waals surface area (Å²) in [7, 11) is 3.51. The Labute approximate surface area is 122 Å². The molecule has 0 radical (unpaired) electrons. The van der Waals surface area contributed by atoms with E-state index in [2.05, 4.69) is 11.7 Å². The third-order valence-corrected chi connectivity index (χ3v) is 3.58. The van der Waals surface area contributed by atoms with E-state index in [0.29, 0.717) is 12.0 Å². The van der Waals surface area contributed by atoms with Gasteiger partial charge in [-0.05, 0) is 30.3 Å². The summed E-state index contributed by atoms with van der Waals surface area (Å²) in [5, 5.41) is 4.45. The molecule has 0 bridgehead atoms. The molecule has 1 aliphatic rings. The van der Waals surface area contributed by atoms with Crippen LogP contribution in [0.15, 0.2) is 42.5 Å². The highest BCUT2D eigenvalue weighted by molar-refractivity contribution is 5.90. The second-order valence-corrected chi connectivity index (χ2v) is 5.01. The Kier molecular flexibility index (Phi) is 3.25. The summed E-state index contributed by atoms with van der Waals surface area (Å²) in [6, 6.07) is 9.69. The zero-order chi connectivity index (χ0) is 15.0. The van der Waals surface area contributed by atoms with E-state index in [1.807, 2.05) is 37.4 Å². The van der Waals surface area contributed by atoms with E-state index in [1.165, 1.54) is 0 Å². The van der Waals surface area contributed by atoms with Gasteiger partial charge in [-0.15, -0.1) is 0 Å². The van der Waals surface area contributed by atoms with Crippen molar-refractivity contribution < 1.29 is 14.3 Å². The number of cyclic esters (lactones) is 1. The molecule has 5 heteroatoms. The number of hydrogen-bond acceptors (Lipinski definition) is 4. The molecule has 2 aromatic rings. The molecule has 108 valence electrons. The average molecular weight is 284 g/mol. The Morgan fingerprint density at radius 2 is 2.10 bits per heavy atom. The van der Waals surface area contributed by atoms with Crippen molar-refractivity contribution in [1.82, 2.24) is 9.78 Å². The maximum absolute atomic E-state index is 11.4. The molecule has 1 atom stereocenters. The molecule has 3 rings (SSSR count). The zero-order valence-corrected chi connectivity index (χ0v) is 12.0. The predicted molar refractivity (Wildman–Crippen MR) is 77.8 cm³/mol. The standard InChI is InChI=1S/C16H16N2O3/c1-10-8-15(21-16(10)19)13-9-14(18(2)17-13)11-4-6-12(20-3)7-5-11/h4-7,9,15H,1,8H2,2-3H3. The minimum atomic E-state index is -0.336. The highest BCUT2D eigenvalue weighted by atomic mass is 16.5. The molecular formula is C16H16N2O3. The molecule has 1 fully saturated rings. The minimum Gasteiger partial charge on any atom is -0.497 e. The smallest absolute Gasteiger partial charge is 0.334 e. The molecule has 0 spiro atoms. The monoisotopic (exact) mass is 284 g/mol.